The number of hydrogen-bond acceptors (Lipinski definition) is 4. The van der Waals surface area contributed by atoms with Gasteiger partial charge in [-0.25, -0.2) is 4.89 Å². The van der Waals surface area contributed by atoms with Crippen LogP contribution in [0.1, 0.15) is 6.42 Å². The molecule has 0 fully saturated rings. The Labute approximate surface area is 99.5 Å². The van der Waals surface area contributed by atoms with Crippen molar-refractivity contribution in [3.63, 3.8) is 0 Å². The van der Waals surface area contributed by atoms with Crippen molar-refractivity contribution in [3.05, 3.63) is 29.3 Å². The molecule has 0 amide bonds. The van der Waals surface area contributed by atoms with Crippen molar-refractivity contribution in [1.29, 1.82) is 0 Å². The van der Waals surface area contributed by atoms with Gasteiger partial charge in [-0.15, -0.1) is 17.4 Å². The average Bonchev–Trinajstić information content (AvgIpc) is 2.21. The van der Waals surface area contributed by atoms with Gasteiger partial charge in [0, 0.05) is 11.4 Å². The Kier molecular flexibility index (Phi) is 8.46. The maximum absolute atomic E-state index is 5.71. The first kappa shape index (κ1) is 14.5. The van der Waals surface area contributed by atoms with E-state index in [1.54, 1.807) is 12.1 Å². The van der Waals surface area contributed by atoms with Gasteiger partial charge in [0.25, 0.3) is 0 Å². The summed E-state index contributed by atoms with van der Waals surface area (Å²) in [6.45, 7) is 0.953. The molecule has 15 heavy (non-hydrogen) atoms. The van der Waals surface area contributed by atoms with Crippen molar-refractivity contribution in [2.24, 2.45) is 5.90 Å². The lowest BCUT2D eigenvalue weighted by Gasteiger charge is -2.05. The summed E-state index contributed by atoms with van der Waals surface area (Å²) in [5, 5.41) is 0.692. The van der Waals surface area contributed by atoms with Gasteiger partial charge < -0.3 is 4.74 Å². The molecule has 1 aromatic rings. The standard InChI is InChI=1S/C9H12ClNO3.ClH/c10-8-2-4-9(5-3-8)12-6-1-7-13-14-11;/h2-5H,1,6-7,11H2;1H. The van der Waals surface area contributed by atoms with E-state index in [4.69, 9.17) is 16.3 Å². The highest BCUT2D eigenvalue weighted by Crippen LogP contribution is 2.15. The van der Waals surface area contributed by atoms with Crippen LogP contribution in [0, 0.1) is 0 Å². The Morgan fingerprint density at radius 1 is 1.13 bits per heavy atom. The summed E-state index contributed by atoms with van der Waals surface area (Å²) in [5.74, 6) is 5.44. The molecule has 86 valence electrons. The van der Waals surface area contributed by atoms with Crippen molar-refractivity contribution in [2.45, 2.75) is 6.42 Å². The molecule has 0 aliphatic carbocycles. The first-order chi connectivity index (χ1) is 6.83. The summed E-state index contributed by atoms with van der Waals surface area (Å²) in [7, 11) is 0. The second-order valence-corrected chi connectivity index (χ2v) is 3.01. The third-order valence-electron chi connectivity index (χ3n) is 1.52. The van der Waals surface area contributed by atoms with Crippen LogP contribution in [-0.4, -0.2) is 13.2 Å². The number of halogens is 2. The zero-order chi connectivity index (χ0) is 10.2. The van der Waals surface area contributed by atoms with Crippen LogP contribution in [0.15, 0.2) is 24.3 Å². The van der Waals surface area contributed by atoms with E-state index in [1.165, 1.54) is 0 Å². The van der Waals surface area contributed by atoms with E-state index in [9.17, 15) is 0 Å². The quantitative estimate of drug-likeness (QED) is 0.481. The zero-order valence-electron chi connectivity index (χ0n) is 8.02. The maximum atomic E-state index is 5.71. The van der Waals surface area contributed by atoms with E-state index in [0.29, 0.717) is 24.7 Å². The van der Waals surface area contributed by atoms with Crippen LogP contribution in [0.4, 0.5) is 0 Å². The number of hydrogen-bond donors (Lipinski definition) is 1. The lowest BCUT2D eigenvalue weighted by Crippen LogP contribution is -2.06. The summed E-state index contributed by atoms with van der Waals surface area (Å²) < 4.78 is 5.37. The fraction of sp³-hybridized carbons (Fsp3) is 0.333. The second kappa shape index (κ2) is 8.76. The van der Waals surface area contributed by atoms with Gasteiger partial charge >= 0.3 is 0 Å². The maximum Gasteiger partial charge on any atom is 0.119 e. The molecule has 0 atom stereocenters. The molecule has 1 aromatic carbocycles. The highest BCUT2D eigenvalue weighted by Gasteiger charge is 1.93. The molecule has 6 heteroatoms. The predicted molar refractivity (Wildman–Crippen MR) is 60.0 cm³/mol. The van der Waals surface area contributed by atoms with Crippen LogP contribution in [-0.2, 0) is 9.88 Å². The minimum Gasteiger partial charge on any atom is -0.494 e. The fourth-order valence-electron chi connectivity index (χ4n) is 0.887. The Balaban J connectivity index is 0.00000196. The molecule has 0 saturated carbocycles. The van der Waals surface area contributed by atoms with Gasteiger partial charge in [0.15, 0.2) is 0 Å². The van der Waals surface area contributed by atoms with E-state index in [2.05, 4.69) is 15.8 Å². The normalized spacial score (nSPS) is 9.47. The molecule has 2 N–H and O–H groups in total. The first-order valence-electron chi connectivity index (χ1n) is 4.19. The van der Waals surface area contributed by atoms with Crippen molar-refractivity contribution in [1.82, 2.24) is 0 Å². The largest absolute Gasteiger partial charge is 0.494 e. The molecule has 0 aromatic heterocycles. The summed E-state index contributed by atoms with van der Waals surface area (Å²) >= 11 is 5.71. The van der Waals surface area contributed by atoms with Crippen molar-refractivity contribution in [3.8, 4) is 5.75 Å². The predicted octanol–water partition coefficient (Wildman–Crippen LogP) is 2.35. The molecule has 4 nitrogen and oxygen atoms in total. The van der Waals surface area contributed by atoms with E-state index in [-0.39, 0.29) is 12.4 Å². The van der Waals surface area contributed by atoms with E-state index >= 15 is 0 Å². The third kappa shape index (κ3) is 6.54. The molecule has 0 heterocycles. The van der Waals surface area contributed by atoms with Gasteiger partial charge in [0.1, 0.15) is 5.75 Å². The molecule has 0 aliphatic rings. The van der Waals surface area contributed by atoms with Crippen LogP contribution in [0.3, 0.4) is 0 Å². The minimum absolute atomic E-state index is 0. The summed E-state index contributed by atoms with van der Waals surface area (Å²) in [4.78, 5) is 8.40. The SMILES string of the molecule is Cl.NOOCCCOc1ccc(Cl)cc1. The molecule has 0 saturated heterocycles. The number of ether oxygens (including phenoxy) is 1. The Morgan fingerprint density at radius 2 is 1.80 bits per heavy atom. The molecule has 0 radical (unpaired) electrons. The monoisotopic (exact) mass is 253 g/mol. The van der Waals surface area contributed by atoms with Gasteiger partial charge in [-0.1, -0.05) is 11.6 Å². The van der Waals surface area contributed by atoms with Crippen molar-refractivity contribution >= 4 is 24.0 Å². The van der Waals surface area contributed by atoms with Gasteiger partial charge in [0.05, 0.1) is 13.2 Å². The topological polar surface area (TPSA) is 53.7 Å². The van der Waals surface area contributed by atoms with Gasteiger partial charge in [-0.05, 0) is 24.3 Å². The summed E-state index contributed by atoms with van der Waals surface area (Å²) in [6.07, 6.45) is 0.708. The van der Waals surface area contributed by atoms with E-state index < -0.39 is 0 Å². The van der Waals surface area contributed by atoms with Crippen LogP contribution < -0.4 is 10.6 Å². The highest BCUT2D eigenvalue weighted by molar-refractivity contribution is 6.30. The lowest BCUT2D eigenvalue weighted by molar-refractivity contribution is -0.300. The summed E-state index contributed by atoms with van der Waals surface area (Å²) in [6, 6.07) is 7.16. The molecule has 0 aliphatic heterocycles. The van der Waals surface area contributed by atoms with Gasteiger partial charge in [0.2, 0.25) is 0 Å². The van der Waals surface area contributed by atoms with Gasteiger partial charge in [-0.2, -0.15) is 5.90 Å². The Bertz CT molecular complexity index is 256. The first-order valence-corrected chi connectivity index (χ1v) is 4.57. The van der Waals surface area contributed by atoms with Gasteiger partial charge in [-0.3, -0.25) is 0 Å². The number of nitrogens with two attached hydrogens (primary N) is 1. The molecular weight excluding hydrogens is 241 g/mol. The highest BCUT2D eigenvalue weighted by atomic mass is 35.5. The minimum atomic E-state index is 0. The van der Waals surface area contributed by atoms with Crippen LogP contribution in [0.2, 0.25) is 5.02 Å². The van der Waals surface area contributed by atoms with Crippen molar-refractivity contribution < 1.29 is 14.6 Å². The molecule has 0 bridgehead atoms. The molecule has 0 spiro atoms. The Hall–Kier alpha value is -0.520. The fourth-order valence-corrected chi connectivity index (χ4v) is 1.01. The van der Waals surface area contributed by atoms with Crippen LogP contribution in [0.5, 0.6) is 5.75 Å². The number of rotatable bonds is 6. The zero-order valence-corrected chi connectivity index (χ0v) is 9.59. The third-order valence-corrected chi connectivity index (χ3v) is 1.77. The number of benzene rings is 1. The summed E-state index contributed by atoms with van der Waals surface area (Å²) in [5.41, 5.74) is 0. The Morgan fingerprint density at radius 3 is 2.40 bits per heavy atom. The van der Waals surface area contributed by atoms with Crippen LogP contribution >= 0.6 is 24.0 Å². The van der Waals surface area contributed by atoms with Crippen molar-refractivity contribution in [2.75, 3.05) is 13.2 Å². The smallest absolute Gasteiger partial charge is 0.119 e. The average molecular weight is 254 g/mol. The lowest BCUT2D eigenvalue weighted by atomic mass is 10.3. The molecular formula is C9H13Cl2NO3. The van der Waals surface area contributed by atoms with E-state index in [1.807, 2.05) is 12.1 Å². The molecule has 1 rings (SSSR count). The van der Waals surface area contributed by atoms with Crippen LogP contribution in [0.25, 0.3) is 0 Å². The second-order valence-electron chi connectivity index (χ2n) is 2.57. The van der Waals surface area contributed by atoms with E-state index in [0.717, 1.165) is 5.75 Å². The molecule has 0 unspecified atom stereocenters.